The molecule has 0 amide bonds. The number of methoxy groups -OCH3 is 6. The molecule has 0 N–H and O–H groups in total. The van der Waals surface area contributed by atoms with Crippen molar-refractivity contribution in [1.82, 2.24) is 0 Å². The summed E-state index contributed by atoms with van der Waals surface area (Å²) >= 11 is 0. The minimum absolute atomic E-state index is 0.0666. The van der Waals surface area contributed by atoms with Crippen molar-refractivity contribution in [3.63, 3.8) is 0 Å². The van der Waals surface area contributed by atoms with E-state index in [2.05, 4.69) is 6.08 Å². The van der Waals surface area contributed by atoms with Crippen molar-refractivity contribution in [3.8, 4) is 0 Å². The van der Waals surface area contributed by atoms with Crippen LogP contribution in [0, 0.1) is 11.8 Å². The minimum Gasteiger partial charge on any atom is -0.472 e. The molecule has 0 aromatic rings. The molecule has 9 unspecified atom stereocenters. The Kier molecular flexibility index (Phi) is 8.67. The van der Waals surface area contributed by atoms with Crippen LogP contribution in [0.5, 0.6) is 0 Å². The van der Waals surface area contributed by atoms with Gasteiger partial charge in [0.2, 0.25) is 6.29 Å². The van der Waals surface area contributed by atoms with Crippen LogP contribution in [0.3, 0.4) is 0 Å². The van der Waals surface area contributed by atoms with Gasteiger partial charge in [-0.3, -0.25) is 0 Å². The summed E-state index contributed by atoms with van der Waals surface area (Å²) in [4.78, 5) is 0. The molecule has 0 bridgehead atoms. The predicted octanol–water partition coefficient (Wildman–Crippen LogP) is 1.12. The van der Waals surface area contributed by atoms with Crippen LogP contribution in [0.1, 0.15) is 0 Å². The van der Waals surface area contributed by atoms with E-state index in [4.69, 9.17) is 42.6 Å². The highest BCUT2D eigenvalue weighted by molar-refractivity contribution is 5.26. The van der Waals surface area contributed by atoms with E-state index < -0.39 is 24.8 Å². The number of hydrogen-bond donors (Lipinski definition) is 0. The zero-order valence-corrected chi connectivity index (χ0v) is 18.5. The molecule has 3 rings (SSSR count). The molecule has 2 aliphatic heterocycles. The zero-order valence-electron chi connectivity index (χ0n) is 18.5. The second kappa shape index (κ2) is 11.0. The van der Waals surface area contributed by atoms with Gasteiger partial charge in [-0.25, -0.2) is 0 Å². The second-order valence-electron chi connectivity index (χ2n) is 7.55. The molecule has 0 spiro atoms. The van der Waals surface area contributed by atoms with Crippen LogP contribution in [0.15, 0.2) is 24.0 Å². The Bertz CT molecular complexity index is 595. The molecule has 9 nitrogen and oxygen atoms in total. The quantitative estimate of drug-likeness (QED) is 0.474. The fourth-order valence-electron chi connectivity index (χ4n) is 4.64. The van der Waals surface area contributed by atoms with E-state index in [1.807, 2.05) is 6.08 Å². The molecule has 0 aromatic heterocycles. The summed E-state index contributed by atoms with van der Waals surface area (Å²) in [7, 11) is 9.80. The summed E-state index contributed by atoms with van der Waals surface area (Å²) in [6, 6.07) is 0. The summed E-state index contributed by atoms with van der Waals surface area (Å²) in [5.74, 6) is 0.0197. The lowest BCUT2D eigenvalue weighted by Gasteiger charge is -2.46. The number of ether oxygens (including phenoxy) is 9. The van der Waals surface area contributed by atoms with Gasteiger partial charge in [-0.15, -0.1) is 0 Å². The fourth-order valence-corrected chi connectivity index (χ4v) is 4.64. The van der Waals surface area contributed by atoms with Gasteiger partial charge in [0.15, 0.2) is 6.29 Å². The maximum absolute atomic E-state index is 6.36. The van der Waals surface area contributed by atoms with Crippen molar-refractivity contribution in [2.75, 3.05) is 55.9 Å². The van der Waals surface area contributed by atoms with Gasteiger partial charge < -0.3 is 42.6 Å². The molecular weight excluding hydrogens is 396 g/mol. The van der Waals surface area contributed by atoms with Crippen molar-refractivity contribution >= 4 is 0 Å². The van der Waals surface area contributed by atoms with E-state index in [0.29, 0.717) is 13.2 Å². The highest BCUT2D eigenvalue weighted by Gasteiger charge is 2.51. The molecule has 9 atom stereocenters. The first-order valence-electron chi connectivity index (χ1n) is 10.1. The van der Waals surface area contributed by atoms with Gasteiger partial charge in [0, 0.05) is 48.6 Å². The lowest BCUT2D eigenvalue weighted by molar-refractivity contribution is -0.347. The third kappa shape index (κ3) is 4.58. The minimum atomic E-state index is -0.742. The normalized spacial score (nSPS) is 40.7. The Morgan fingerprint density at radius 3 is 2.17 bits per heavy atom. The third-order valence-corrected chi connectivity index (χ3v) is 6.00. The molecule has 2 heterocycles. The Morgan fingerprint density at radius 1 is 0.833 bits per heavy atom. The Hall–Kier alpha value is -1.04. The Labute approximate surface area is 178 Å². The maximum atomic E-state index is 6.36. The summed E-state index contributed by atoms with van der Waals surface area (Å²) in [5, 5.41) is 0. The van der Waals surface area contributed by atoms with Crippen LogP contribution in [0.25, 0.3) is 0 Å². The van der Waals surface area contributed by atoms with Crippen LogP contribution >= 0.6 is 0 Å². The molecule has 172 valence electrons. The lowest BCUT2D eigenvalue weighted by Crippen LogP contribution is -2.62. The number of fused-ring (bicyclic) bond motifs is 1. The molecular formula is C21H34O9. The molecule has 1 aliphatic carbocycles. The van der Waals surface area contributed by atoms with Gasteiger partial charge in [-0.2, -0.15) is 0 Å². The number of rotatable bonds is 10. The third-order valence-electron chi connectivity index (χ3n) is 6.00. The lowest BCUT2D eigenvalue weighted by atomic mass is 9.88. The second-order valence-corrected chi connectivity index (χ2v) is 7.55. The monoisotopic (exact) mass is 430 g/mol. The molecule has 9 heteroatoms. The molecule has 0 radical (unpaired) electrons. The fraction of sp³-hybridized carbons (Fsp3) is 0.810. The maximum Gasteiger partial charge on any atom is 0.209 e. The Morgan fingerprint density at radius 2 is 1.57 bits per heavy atom. The first kappa shape index (κ1) is 23.6. The zero-order chi connectivity index (χ0) is 21.7. The SMILES string of the molecule is COCC1=CC(OC)C2C=COC(OC3OC(COC)C(OC)C(OC)C3OC)C12. The van der Waals surface area contributed by atoms with Gasteiger partial charge in [-0.05, 0) is 11.6 Å². The average Bonchev–Trinajstić information content (AvgIpc) is 3.12. The van der Waals surface area contributed by atoms with Crippen molar-refractivity contribution in [1.29, 1.82) is 0 Å². The van der Waals surface area contributed by atoms with Gasteiger partial charge in [-0.1, -0.05) is 6.08 Å². The topological polar surface area (TPSA) is 83.1 Å². The van der Waals surface area contributed by atoms with Gasteiger partial charge in [0.05, 0.1) is 31.5 Å². The largest absolute Gasteiger partial charge is 0.472 e. The summed E-state index contributed by atoms with van der Waals surface area (Å²) in [6.45, 7) is 0.794. The van der Waals surface area contributed by atoms with Crippen LogP contribution in [0.2, 0.25) is 0 Å². The first-order chi connectivity index (χ1) is 14.6. The van der Waals surface area contributed by atoms with Crippen molar-refractivity contribution in [2.24, 2.45) is 11.8 Å². The van der Waals surface area contributed by atoms with Gasteiger partial charge >= 0.3 is 0 Å². The summed E-state index contributed by atoms with van der Waals surface area (Å²) in [5.41, 5.74) is 1.07. The van der Waals surface area contributed by atoms with Crippen LogP contribution < -0.4 is 0 Å². The standard InChI is InChI=1S/C21H34O9/c1-22-10-12-9-14(24-3)13-7-8-28-20(16(12)13)30-21-19(27-6)18(26-5)17(25-4)15(29-21)11-23-2/h7-9,13-21H,10-11H2,1-6H3. The Balaban J connectivity index is 1.82. The highest BCUT2D eigenvalue weighted by Crippen LogP contribution is 2.42. The van der Waals surface area contributed by atoms with Crippen LogP contribution in [-0.4, -0.2) is 99.0 Å². The molecule has 0 saturated carbocycles. The van der Waals surface area contributed by atoms with E-state index in [9.17, 15) is 0 Å². The number of hydrogen-bond acceptors (Lipinski definition) is 9. The van der Waals surface area contributed by atoms with Gasteiger partial charge in [0.25, 0.3) is 0 Å². The summed E-state index contributed by atoms with van der Waals surface area (Å²) in [6.07, 6.45) is 2.66. The van der Waals surface area contributed by atoms with Crippen molar-refractivity contribution in [3.05, 3.63) is 24.0 Å². The summed E-state index contributed by atoms with van der Waals surface area (Å²) < 4.78 is 51.8. The van der Waals surface area contributed by atoms with Crippen molar-refractivity contribution < 1.29 is 42.6 Å². The van der Waals surface area contributed by atoms with E-state index in [1.165, 1.54) is 0 Å². The molecule has 3 aliphatic rings. The molecule has 30 heavy (non-hydrogen) atoms. The smallest absolute Gasteiger partial charge is 0.209 e. The highest BCUT2D eigenvalue weighted by atomic mass is 16.8. The molecule has 1 fully saturated rings. The van der Waals surface area contributed by atoms with Crippen LogP contribution in [-0.2, 0) is 42.6 Å². The predicted molar refractivity (Wildman–Crippen MR) is 106 cm³/mol. The first-order valence-corrected chi connectivity index (χ1v) is 10.1. The van der Waals surface area contributed by atoms with E-state index >= 15 is 0 Å². The van der Waals surface area contributed by atoms with Crippen LogP contribution in [0.4, 0.5) is 0 Å². The molecule has 1 saturated heterocycles. The average molecular weight is 430 g/mol. The van der Waals surface area contributed by atoms with Gasteiger partial charge in [0.1, 0.15) is 24.4 Å². The van der Waals surface area contributed by atoms with Crippen molar-refractivity contribution in [2.45, 2.75) is 43.1 Å². The molecule has 0 aromatic carbocycles. The van der Waals surface area contributed by atoms with E-state index in [-0.39, 0.29) is 30.1 Å². The van der Waals surface area contributed by atoms with E-state index in [0.717, 1.165) is 5.57 Å². The van der Waals surface area contributed by atoms with E-state index in [1.54, 1.807) is 48.9 Å².